The second kappa shape index (κ2) is 20.1. The van der Waals surface area contributed by atoms with Gasteiger partial charge in [-0.1, -0.05) is 70.4 Å². The van der Waals surface area contributed by atoms with Gasteiger partial charge in [0.25, 0.3) is 0 Å². The molecule has 0 atom stereocenters. The van der Waals surface area contributed by atoms with E-state index < -0.39 is 5.97 Å². The maximum absolute atomic E-state index is 10.3. The molecule has 0 aliphatic carbocycles. The summed E-state index contributed by atoms with van der Waals surface area (Å²) in [6.07, 6.45) is 21.2. The summed E-state index contributed by atoms with van der Waals surface area (Å²) in [5.41, 5.74) is 0. The number of hydrogen-bond acceptors (Lipinski definition) is 1. The van der Waals surface area contributed by atoms with Crippen LogP contribution in [0.15, 0.2) is 12.2 Å². The van der Waals surface area contributed by atoms with Gasteiger partial charge in [-0.3, -0.25) is 4.79 Å². The van der Waals surface area contributed by atoms with Crippen LogP contribution in [0.1, 0.15) is 96.8 Å². The largest absolute Gasteiger partial charge is 0.481 e. The van der Waals surface area contributed by atoms with Crippen LogP contribution in [0.3, 0.4) is 0 Å². The van der Waals surface area contributed by atoms with Crippen LogP contribution >= 0.6 is 0 Å². The van der Waals surface area contributed by atoms with Crippen molar-refractivity contribution < 1.29 is 9.90 Å². The van der Waals surface area contributed by atoms with Gasteiger partial charge < -0.3 is 5.11 Å². The van der Waals surface area contributed by atoms with E-state index in [1.165, 1.54) is 70.6 Å². The molecule has 3 heteroatoms. The third-order valence-electron chi connectivity index (χ3n) is 3.65. The fourth-order valence-corrected chi connectivity index (χ4v) is 2.35. The van der Waals surface area contributed by atoms with Gasteiger partial charge in [-0.25, -0.2) is 0 Å². The molecule has 21 heavy (non-hydrogen) atoms. The Kier molecular flexibility index (Phi) is 22.4. The Labute approximate surface area is 151 Å². The number of carboxylic acids is 1. The number of allylic oxidation sites excluding steroid dienone is 2. The first kappa shape index (κ1) is 23.4. The Morgan fingerprint density at radius 3 is 1.67 bits per heavy atom. The Bertz CT molecular complexity index is 239. The van der Waals surface area contributed by atoms with Crippen molar-refractivity contribution in [2.24, 2.45) is 0 Å². The molecule has 0 aromatic rings. The fraction of sp³-hybridized carbons (Fsp3) is 0.833. The van der Waals surface area contributed by atoms with Crippen LogP contribution in [0.4, 0.5) is 0 Å². The van der Waals surface area contributed by atoms with E-state index in [-0.39, 0.29) is 27.3 Å². The Hall–Kier alpha value is 0.132. The van der Waals surface area contributed by atoms with Crippen molar-refractivity contribution >= 4 is 33.3 Å². The number of rotatable bonds is 15. The van der Waals surface area contributed by atoms with Gasteiger partial charge in [0.1, 0.15) is 0 Å². The summed E-state index contributed by atoms with van der Waals surface area (Å²) in [6.45, 7) is 2.26. The second-order valence-electron chi connectivity index (χ2n) is 5.73. The van der Waals surface area contributed by atoms with Crippen LogP contribution in [0, 0.1) is 0 Å². The maximum Gasteiger partial charge on any atom is 0.303 e. The summed E-state index contributed by atoms with van der Waals surface area (Å²) in [4.78, 5) is 10.3. The van der Waals surface area contributed by atoms with Crippen molar-refractivity contribution in [2.75, 3.05) is 0 Å². The van der Waals surface area contributed by atoms with Gasteiger partial charge in [0.15, 0.2) is 0 Å². The van der Waals surface area contributed by atoms with E-state index in [4.69, 9.17) is 5.11 Å². The van der Waals surface area contributed by atoms with Crippen LogP contribution in [-0.4, -0.2) is 38.4 Å². The van der Waals surface area contributed by atoms with Crippen LogP contribution in [0.2, 0.25) is 0 Å². The third kappa shape index (κ3) is 22.6. The predicted octanol–water partition coefficient (Wildman–Crippen LogP) is 5.73. The smallest absolute Gasteiger partial charge is 0.303 e. The van der Waals surface area contributed by atoms with Gasteiger partial charge in [0, 0.05) is 33.7 Å². The van der Waals surface area contributed by atoms with Crippen molar-refractivity contribution in [1.29, 1.82) is 0 Å². The fourth-order valence-electron chi connectivity index (χ4n) is 2.35. The van der Waals surface area contributed by atoms with Crippen molar-refractivity contribution in [3.8, 4) is 0 Å². The van der Waals surface area contributed by atoms with E-state index in [1.807, 2.05) is 0 Å². The molecule has 0 fully saturated rings. The summed E-state index contributed by atoms with van der Waals surface area (Å²) >= 11 is 0. The van der Waals surface area contributed by atoms with Crippen molar-refractivity contribution in [2.45, 2.75) is 96.8 Å². The maximum atomic E-state index is 10.3. The van der Waals surface area contributed by atoms with E-state index in [2.05, 4.69) is 19.1 Å². The summed E-state index contributed by atoms with van der Waals surface area (Å²) in [6, 6.07) is 0. The molecule has 0 aromatic heterocycles. The number of aliphatic carboxylic acids is 1. The molecular weight excluding hydrogens is 455 g/mol. The molecule has 0 amide bonds. The van der Waals surface area contributed by atoms with E-state index in [0.29, 0.717) is 6.42 Å². The first-order valence-electron chi connectivity index (χ1n) is 8.64. The zero-order chi connectivity index (χ0) is 14.9. The van der Waals surface area contributed by atoms with Crippen molar-refractivity contribution in [1.82, 2.24) is 0 Å². The molecular formula is C18H34O2Pb. The molecule has 0 rings (SSSR count). The minimum atomic E-state index is -0.664. The average molecular weight is 490 g/mol. The number of unbranched alkanes of at least 4 members (excludes halogenated alkanes) is 11. The van der Waals surface area contributed by atoms with Crippen LogP contribution in [0.5, 0.6) is 0 Å². The van der Waals surface area contributed by atoms with E-state index >= 15 is 0 Å². The molecule has 122 valence electrons. The Morgan fingerprint density at radius 2 is 1.19 bits per heavy atom. The summed E-state index contributed by atoms with van der Waals surface area (Å²) in [7, 11) is 0. The SMILES string of the molecule is CCCCCCCC/C=C\CCCCCCCC(=O)O.[Pb]. The van der Waals surface area contributed by atoms with Crippen LogP contribution in [-0.2, 0) is 4.79 Å². The Balaban J connectivity index is 0. The molecule has 2 nitrogen and oxygen atoms in total. The van der Waals surface area contributed by atoms with E-state index in [1.54, 1.807) is 0 Å². The molecule has 4 radical (unpaired) electrons. The number of carbonyl (C=O) groups is 1. The van der Waals surface area contributed by atoms with Gasteiger partial charge in [0.05, 0.1) is 0 Å². The first-order valence-corrected chi connectivity index (χ1v) is 8.64. The zero-order valence-corrected chi connectivity index (χ0v) is 17.8. The van der Waals surface area contributed by atoms with Crippen LogP contribution < -0.4 is 0 Å². The van der Waals surface area contributed by atoms with Crippen molar-refractivity contribution in [3.05, 3.63) is 12.2 Å². The zero-order valence-electron chi connectivity index (χ0n) is 13.9. The standard InChI is InChI=1S/C18H34O2.Pb/c1-2-3-4-5-6-7-8-9-10-11-12-13-14-15-16-17-18(19)20;/h9-10H,2-8,11-17H2,1H3,(H,19,20);/b10-9-;. The van der Waals surface area contributed by atoms with E-state index in [0.717, 1.165) is 12.8 Å². The van der Waals surface area contributed by atoms with Crippen LogP contribution in [0.25, 0.3) is 0 Å². The van der Waals surface area contributed by atoms with Gasteiger partial charge in [-0.05, 0) is 32.1 Å². The van der Waals surface area contributed by atoms with Gasteiger partial charge in [-0.15, -0.1) is 0 Å². The minimum Gasteiger partial charge on any atom is -0.481 e. The molecule has 0 saturated carbocycles. The molecule has 0 aliphatic heterocycles. The summed E-state index contributed by atoms with van der Waals surface area (Å²) < 4.78 is 0. The van der Waals surface area contributed by atoms with Gasteiger partial charge in [-0.2, -0.15) is 0 Å². The number of carboxylic acid groups (broad SMARTS) is 1. The average Bonchev–Trinajstić information content (AvgIpc) is 2.43. The monoisotopic (exact) mass is 490 g/mol. The third-order valence-corrected chi connectivity index (χ3v) is 3.65. The molecule has 0 spiro atoms. The van der Waals surface area contributed by atoms with E-state index in [9.17, 15) is 4.79 Å². The second-order valence-corrected chi connectivity index (χ2v) is 5.73. The molecule has 0 saturated heterocycles. The molecule has 0 bridgehead atoms. The minimum absolute atomic E-state index is 0. The first-order chi connectivity index (χ1) is 9.77. The molecule has 0 aromatic carbocycles. The molecule has 0 heterocycles. The van der Waals surface area contributed by atoms with Gasteiger partial charge in [0.2, 0.25) is 0 Å². The summed E-state index contributed by atoms with van der Waals surface area (Å²) in [5, 5.41) is 8.51. The van der Waals surface area contributed by atoms with Gasteiger partial charge >= 0.3 is 5.97 Å². The molecule has 0 aliphatic rings. The predicted molar refractivity (Wildman–Crippen MR) is 92.8 cm³/mol. The number of hydrogen-bond donors (Lipinski definition) is 1. The summed E-state index contributed by atoms with van der Waals surface area (Å²) in [5.74, 6) is -0.664. The van der Waals surface area contributed by atoms with Crippen molar-refractivity contribution in [3.63, 3.8) is 0 Å². The molecule has 1 N–H and O–H groups in total. The molecule has 0 unspecified atom stereocenters. The quantitative estimate of drug-likeness (QED) is 0.181. The normalized spacial score (nSPS) is 10.7. The topological polar surface area (TPSA) is 37.3 Å². The Morgan fingerprint density at radius 1 is 0.762 bits per heavy atom.